The molecule has 0 saturated heterocycles. The Morgan fingerprint density at radius 1 is 1.48 bits per heavy atom. The highest BCUT2D eigenvalue weighted by atomic mass is 16.5. The zero-order valence-electron chi connectivity index (χ0n) is 12.3. The van der Waals surface area contributed by atoms with Gasteiger partial charge in [-0.2, -0.15) is 0 Å². The summed E-state index contributed by atoms with van der Waals surface area (Å²) in [6.45, 7) is 2.44. The largest absolute Gasteiger partial charge is 0.482 e. The Kier molecular flexibility index (Phi) is 4.12. The van der Waals surface area contributed by atoms with Crippen LogP contribution in [0.1, 0.15) is 37.8 Å². The first-order chi connectivity index (χ1) is 10.2. The van der Waals surface area contributed by atoms with Gasteiger partial charge >= 0.3 is 0 Å². The van der Waals surface area contributed by atoms with Crippen molar-refractivity contribution in [1.82, 2.24) is 5.32 Å². The van der Waals surface area contributed by atoms with Gasteiger partial charge in [-0.15, -0.1) is 0 Å². The molecule has 3 N–H and O–H groups in total. The summed E-state index contributed by atoms with van der Waals surface area (Å²) in [5.41, 5.74) is 1.85. The topological polar surface area (TPSA) is 70.6 Å². The van der Waals surface area contributed by atoms with E-state index in [0.29, 0.717) is 12.0 Å². The number of aliphatic hydroxyl groups is 1. The SMILES string of the molecule is CC(NC1CCCC1CO)c1ccc2c(c1)NC(=O)CO2. The van der Waals surface area contributed by atoms with Crippen molar-refractivity contribution in [2.75, 3.05) is 18.5 Å². The number of carbonyl (C=O) groups is 1. The van der Waals surface area contributed by atoms with Gasteiger partial charge in [0, 0.05) is 18.7 Å². The molecule has 21 heavy (non-hydrogen) atoms. The third-order valence-corrected chi connectivity index (χ3v) is 4.49. The van der Waals surface area contributed by atoms with Crippen molar-refractivity contribution in [2.45, 2.75) is 38.3 Å². The maximum atomic E-state index is 11.4. The van der Waals surface area contributed by atoms with Crippen LogP contribution >= 0.6 is 0 Å². The van der Waals surface area contributed by atoms with E-state index in [9.17, 15) is 9.90 Å². The van der Waals surface area contributed by atoms with Gasteiger partial charge in [-0.3, -0.25) is 4.79 Å². The molecule has 0 bridgehead atoms. The maximum Gasteiger partial charge on any atom is 0.262 e. The summed E-state index contributed by atoms with van der Waals surface area (Å²) in [6, 6.07) is 6.43. The van der Waals surface area contributed by atoms with Gasteiger partial charge in [0.25, 0.3) is 5.91 Å². The van der Waals surface area contributed by atoms with Crippen LogP contribution in [0.4, 0.5) is 5.69 Å². The summed E-state index contributed by atoms with van der Waals surface area (Å²) in [5, 5.41) is 15.8. The lowest BCUT2D eigenvalue weighted by Crippen LogP contribution is -2.36. The van der Waals surface area contributed by atoms with E-state index in [1.54, 1.807) is 0 Å². The van der Waals surface area contributed by atoms with Crippen molar-refractivity contribution < 1.29 is 14.6 Å². The van der Waals surface area contributed by atoms with Crippen LogP contribution in [0.25, 0.3) is 0 Å². The molecule has 1 amide bonds. The predicted octanol–water partition coefficient (Wildman–Crippen LogP) is 1.83. The third kappa shape index (κ3) is 3.04. The Labute approximate surface area is 124 Å². The second-order valence-corrected chi connectivity index (χ2v) is 5.96. The van der Waals surface area contributed by atoms with Crippen LogP contribution in [0.5, 0.6) is 5.75 Å². The molecule has 1 heterocycles. The lowest BCUT2D eigenvalue weighted by molar-refractivity contribution is -0.118. The Balaban J connectivity index is 1.71. The van der Waals surface area contributed by atoms with Crippen LogP contribution < -0.4 is 15.4 Å². The quantitative estimate of drug-likeness (QED) is 0.791. The van der Waals surface area contributed by atoms with E-state index < -0.39 is 0 Å². The van der Waals surface area contributed by atoms with E-state index in [4.69, 9.17) is 4.74 Å². The van der Waals surface area contributed by atoms with Crippen LogP contribution in [0, 0.1) is 5.92 Å². The molecule has 0 radical (unpaired) electrons. The van der Waals surface area contributed by atoms with E-state index in [1.165, 1.54) is 6.42 Å². The molecule has 5 heteroatoms. The van der Waals surface area contributed by atoms with Crippen molar-refractivity contribution >= 4 is 11.6 Å². The molecule has 2 aliphatic rings. The molecule has 1 aliphatic heterocycles. The minimum absolute atomic E-state index is 0.0837. The lowest BCUT2D eigenvalue weighted by atomic mass is 10.0. The average molecular weight is 290 g/mol. The minimum Gasteiger partial charge on any atom is -0.482 e. The minimum atomic E-state index is -0.114. The van der Waals surface area contributed by atoms with Gasteiger partial charge in [0.05, 0.1) is 5.69 Å². The number of nitrogens with one attached hydrogen (secondary N) is 2. The van der Waals surface area contributed by atoms with Gasteiger partial charge in [-0.05, 0) is 43.4 Å². The molecule has 0 aromatic heterocycles. The number of benzene rings is 1. The van der Waals surface area contributed by atoms with Gasteiger partial charge < -0.3 is 20.5 Å². The molecular formula is C16H22N2O3. The number of amides is 1. The Bertz CT molecular complexity index is 532. The Morgan fingerprint density at radius 2 is 2.33 bits per heavy atom. The van der Waals surface area contributed by atoms with Crippen LogP contribution in [0.15, 0.2) is 18.2 Å². The number of hydrogen-bond acceptors (Lipinski definition) is 4. The Morgan fingerprint density at radius 3 is 3.14 bits per heavy atom. The summed E-state index contributed by atoms with van der Waals surface area (Å²) < 4.78 is 5.37. The number of anilines is 1. The number of fused-ring (bicyclic) bond motifs is 1. The molecule has 1 fully saturated rings. The zero-order valence-corrected chi connectivity index (χ0v) is 12.3. The van der Waals surface area contributed by atoms with Gasteiger partial charge in [-0.25, -0.2) is 0 Å². The number of hydrogen-bond donors (Lipinski definition) is 3. The van der Waals surface area contributed by atoms with E-state index in [-0.39, 0.29) is 25.2 Å². The van der Waals surface area contributed by atoms with Crippen molar-refractivity contribution in [1.29, 1.82) is 0 Å². The van der Waals surface area contributed by atoms with Gasteiger partial charge in [0.15, 0.2) is 6.61 Å². The Hall–Kier alpha value is -1.59. The molecule has 1 aromatic rings. The summed E-state index contributed by atoms with van der Waals surface area (Å²) in [7, 11) is 0. The second kappa shape index (κ2) is 6.03. The lowest BCUT2D eigenvalue weighted by Gasteiger charge is -2.25. The summed E-state index contributed by atoms with van der Waals surface area (Å²) >= 11 is 0. The van der Waals surface area contributed by atoms with E-state index in [2.05, 4.69) is 17.6 Å². The maximum absolute atomic E-state index is 11.4. The van der Waals surface area contributed by atoms with Crippen molar-refractivity contribution in [3.63, 3.8) is 0 Å². The predicted molar refractivity (Wildman–Crippen MR) is 80.3 cm³/mol. The second-order valence-electron chi connectivity index (χ2n) is 5.96. The number of ether oxygens (including phenoxy) is 1. The fourth-order valence-electron chi connectivity index (χ4n) is 3.26. The fraction of sp³-hybridized carbons (Fsp3) is 0.562. The smallest absolute Gasteiger partial charge is 0.262 e. The summed E-state index contributed by atoms with van der Waals surface area (Å²) in [5.74, 6) is 0.962. The van der Waals surface area contributed by atoms with Crippen molar-refractivity contribution in [2.24, 2.45) is 5.92 Å². The molecule has 5 nitrogen and oxygen atoms in total. The molecular weight excluding hydrogens is 268 g/mol. The van der Waals surface area contributed by atoms with Gasteiger partial charge in [-0.1, -0.05) is 12.5 Å². The van der Waals surface area contributed by atoms with Crippen LogP contribution in [0.3, 0.4) is 0 Å². The average Bonchev–Trinajstić information content (AvgIpc) is 2.93. The van der Waals surface area contributed by atoms with Crippen molar-refractivity contribution in [3.8, 4) is 5.75 Å². The van der Waals surface area contributed by atoms with Gasteiger partial charge in [0.1, 0.15) is 5.75 Å². The molecule has 1 aromatic carbocycles. The van der Waals surface area contributed by atoms with Crippen LogP contribution in [-0.4, -0.2) is 30.3 Å². The van der Waals surface area contributed by atoms with Crippen LogP contribution in [0.2, 0.25) is 0 Å². The highest BCUT2D eigenvalue weighted by Gasteiger charge is 2.28. The number of rotatable bonds is 4. The third-order valence-electron chi connectivity index (χ3n) is 4.49. The van der Waals surface area contributed by atoms with E-state index >= 15 is 0 Å². The monoisotopic (exact) mass is 290 g/mol. The van der Waals surface area contributed by atoms with E-state index in [0.717, 1.165) is 29.8 Å². The number of carbonyl (C=O) groups excluding carboxylic acids is 1. The standard InChI is InChI=1S/C16H22N2O3/c1-10(17-13-4-2-3-12(13)8-19)11-5-6-15-14(7-11)18-16(20)9-21-15/h5-7,10,12-13,17,19H,2-4,8-9H2,1H3,(H,18,20). The molecule has 3 atom stereocenters. The van der Waals surface area contributed by atoms with Gasteiger partial charge in [0.2, 0.25) is 0 Å². The molecule has 3 rings (SSSR count). The highest BCUT2D eigenvalue weighted by molar-refractivity contribution is 5.95. The first kappa shape index (κ1) is 14.4. The first-order valence-electron chi connectivity index (χ1n) is 7.61. The van der Waals surface area contributed by atoms with E-state index in [1.807, 2.05) is 18.2 Å². The molecule has 114 valence electrons. The summed E-state index contributed by atoms with van der Waals surface area (Å²) in [4.78, 5) is 11.4. The van der Waals surface area contributed by atoms with Crippen molar-refractivity contribution in [3.05, 3.63) is 23.8 Å². The molecule has 3 unspecified atom stereocenters. The zero-order chi connectivity index (χ0) is 14.8. The number of aliphatic hydroxyl groups excluding tert-OH is 1. The van der Waals surface area contributed by atoms with Crippen LogP contribution in [-0.2, 0) is 4.79 Å². The molecule has 1 aliphatic carbocycles. The highest BCUT2D eigenvalue weighted by Crippen LogP contribution is 2.32. The fourth-order valence-corrected chi connectivity index (χ4v) is 3.26. The first-order valence-corrected chi connectivity index (χ1v) is 7.61. The normalized spacial score (nSPS) is 25.9. The molecule has 0 spiro atoms. The molecule has 1 saturated carbocycles. The summed E-state index contributed by atoms with van der Waals surface area (Å²) in [6.07, 6.45) is 3.37.